The van der Waals surface area contributed by atoms with E-state index in [1.54, 1.807) is 5.32 Å². The Hall–Kier alpha value is -1.13. The van der Waals surface area contributed by atoms with E-state index in [0.29, 0.717) is 0 Å². The minimum Gasteiger partial charge on any atom is -0.343 e. The molecule has 0 heterocycles. The van der Waals surface area contributed by atoms with Crippen molar-refractivity contribution < 1.29 is 26.4 Å². The first-order chi connectivity index (χ1) is 8.49. The molecule has 0 aliphatic rings. The van der Waals surface area contributed by atoms with Crippen molar-refractivity contribution in [3.05, 3.63) is 28.2 Å². The number of carbonyl (C=O) groups is 1. The van der Waals surface area contributed by atoms with Gasteiger partial charge in [0.1, 0.15) is 6.54 Å². The van der Waals surface area contributed by atoms with Crippen LogP contribution in [0.3, 0.4) is 0 Å². The van der Waals surface area contributed by atoms with Crippen LogP contribution in [0.4, 0.5) is 13.2 Å². The highest BCUT2D eigenvalue weighted by Crippen LogP contribution is 2.19. The third kappa shape index (κ3) is 5.17. The van der Waals surface area contributed by atoms with Crippen LogP contribution in [-0.2, 0) is 10.0 Å². The molecule has 0 fully saturated rings. The number of nitrogens with one attached hydrogen (secondary N) is 1. The Kier molecular flexibility index (Phi) is 4.59. The van der Waals surface area contributed by atoms with E-state index in [4.69, 9.17) is 5.14 Å². The van der Waals surface area contributed by atoms with Crippen molar-refractivity contribution in [1.82, 2.24) is 5.32 Å². The van der Waals surface area contributed by atoms with Crippen LogP contribution in [0.2, 0.25) is 0 Å². The predicted molar refractivity (Wildman–Crippen MR) is 63.9 cm³/mol. The zero-order valence-electron chi connectivity index (χ0n) is 9.16. The maximum Gasteiger partial charge on any atom is 0.405 e. The zero-order chi connectivity index (χ0) is 14.8. The molecule has 1 aromatic carbocycles. The van der Waals surface area contributed by atoms with E-state index < -0.39 is 28.7 Å². The summed E-state index contributed by atoms with van der Waals surface area (Å²) in [7, 11) is -4.06. The number of primary sulfonamides is 1. The Morgan fingerprint density at radius 1 is 1.32 bits per heavy atom. The molecule has 0 aliphatic carbocycles. The minimum atomic E-state index is -4.55. The summed E-state index contributed by atoms with van der Waals surface area (Å²) < 4.78 is 58.3. The Morgan fingerprint density at radius 3 is 2.37 bits per heavy atom. The molecule has 0 spiro atoms. The van der Waals surface area contributed by atoms with Gasteiger partial charge in [0.05, 0.1) is 4.90 Å². The lowest BCUT2D eigenvalue weighted by molar-refractivity contribution is -0.123. The highest BCUT2D eigenvalue weighted by Gasteiger charge is 2.28. The van der Waals surface area contributed by atoms with Gasteiger partial charge in [0, 0.05) is 10.0 Å². The quantitative estimate of drug-likeness (QED) is 0.853. The summed E-state index contributed by atoms with van der Waals surface area (Å²) in [4.78, 5) is 11.1. The van der Waals surface area contributed by atoms with Crippen LogP contribution in [0.25, 0.3) is 0 Å². The van der Waals surface area contributed by atoms with Gasteiger partial charge in [0.2, 0.25) is 10.0 Å². The topological polar surface area (TPSA) is 89.3 Å². The van der Waals surface area contributed by atoms with Crippen molar-refractivity contribution in [3.8, 4) is 0 Å². The van der Waals surface area contributed by atoms with Gasteiger partial charge in [-0.25, -0.2) is 13.6 Å². The van der Waals surface area contributed by atoms with E-state index in [0.717, 1.165) is 12.1 Å². The molecule has 0 aromatic heterocycles. The number of hydrogen-bond acceptors (Lipinski definition) is 3. The summed E-state index contributed by atoms with van der Waals surface area (Å²) in [6, 6.07) is 3.21. The highest BCUT2D eigenvalue weighted by molar-refractivity contribution is 9.10. The standard InChI is InChI=1S/C9H8BrF3N2O3S/c10-6-1-5(2-7(3-6)19(14,17)18)8(16)15-4-9(11,12)13/h1-3H,4H2,(H,15,16)(H2,14,17,18). The Labute approximate surface area is 115 Å². The first kappa shape index (κ1) is 15.9. The van der Waals surface area contributed by atoms with Crippen LogP contribution < -0.4 is 10.5 Å². The summed E-state index contributed by atoms with van der Waals surface area (Å²) in [6.07, 6.45) is -4.55. The Morgan fingerprint density at radius 2 is 1.89 bits per heavy atom. The fraction of sp³-hybridized carbons (Fsp3) is 0.222. The van der Waals surface area contributed by atoms with E-state index in [-0.39, 0.29) is 14.9 Å². The van der Waals surface area contributed by atoms with Gasteiger partial charge in [-0.2, -0.15) is 13.2 Å². The van der Waals surface area contributed by atoms with Gasteiger partial charge >= 0.3 is 6.18 Å². The van der Waals surface area contributed by atoms with Crippen molar-refractivity contribution in [2.45, 2.75) is 11.1 Å². The normalized spacial score (nSPS) is 12.3. The first-order valence-corrected chi connectivity index (χ1v) is 7.01. The zero-order valence-corrected chi connectivity index (χ0v) is 11.6. The number of carbonyl (C=O) groups excluding carboxylic acids is 1. The van der Waals surface area contributed by atoms with Crippen molar-refractivity contribution in [2.24, 2.45) is 5.14 Å². The molecule has 5 nitrogen and oxygen atoms in total. The summed E-state index contributed by atoms with van der Waals surface area (Å²) in [5, 5.41) is 6.50. The van der Waals surface area contributed by atoms with Crippen LogP contribution in [-0.4, -0.2) is 27.0 Å². The average Bonchev–Trinajstić information content (AvgIpc) is 2.22. The monoisotopic (exact) mass is 360 g/mol. The number of halogens is 4. The summed E-state index contributed by atoms with van der Waals surface area (Å²) in [5.41, 5.74) is -0.248. The van der Waals surface area contributed by atoms with Crippen LogP contribution in [0.1, 0.15) is 10.4 Å². The number of rotatable bonds is 3. The van der Waals surface area contributed by atoms with Gasteiger partial charge in [-0.3, -0.25) is 4.79 Å². The maximum absolute atomic E-state index is 11.9. The lowest BCUT2D eigenvalue weighted by Crippen LogP contribution is -2.33. The molecule has 106 valence electrons. The molecule has 3 N–H and O–H groups in total. The van der Waals surface area contributed by atoms with Crippen molar-refractivity contribution >= 4 is 31.9 Å². The van der Waals surface area contributed by atoms with E-state index >= 15 is 0 Å². The van der Waals surface area contributed by atoms with Crippen LogP contribution in [0, 0.1) is 0 Å². The average molecular weight is 361 g/mol. The predicted octanol–water partition coefficient (Wildman–Crippen LogP) is 1.39. The molecule has 1 aromatic rings. The number of amides is 1. The van der Waals surface area contributed by atoms with Gasteiger partial charge in [-0.05, 0) is 18.2 Å². The van der Waals surface area contributed by atoms with E-state index in [2.05, 4.69) is 15.9 Å². The van der Waals surface area contributed by atoms with Crippen LogP contribution >= 0.6 is 15.9 Å². The SMILES string of the molecule is NS(=O)(=O)c1cc(Br)cc(C(=O)NCC(F)(F)F)c1. The molecular formula is C9H8BrF3N2O3S. The van der Waals surface area contributed by atoms with Gasteiger partial charge in [-0.1, -0.05) is 15.9 Å². The summed E-state index contributed by atoms with van der Waals surface area (Å²) in [6.45, 7) is -1.51. The molecule has 0 saturated heterocycles. The second-order valence-corrected chi connectivity index (χ2v) is 6.00. The largest absolute Gasteiger partial charge is 0.405 e. The van der Waals surface area contributed by atoms with Gasteiger partial charge < -0.3 is 5.32 Å². The first-order valence-electron chi connectivity index (χ1n) is 4.67. The molecule has 1 rings (SSSR count). The second-order valence-electron chi connectivity index (χ2n) is 3.52. The Bertz CT molecular complexity index is 601. The van der Waals surface area contributed by atoms with E-state index in [1.807, 2.05) is 0 Å². The molecule has 19 heavy (non-hydrogen) atoms. The third-order valence-electron chi connectivity index (χ3n) is 1.91. The fourth-order valence-corrected chi connectivity index (χ4v) is 2.37. The fourth-order valence-electron chi connectivity index (χ4n) is 1.14. The summed E-state index contributed by atoms with van der Waals surface area (Å²) >= 11 is 2.94. The van der Waals surface area contributed by atoms with Crippen molar-refractivity contribution in [2.75, 3.05) is 6.54 Å². The van der Waals surface area contributed by atoms with Crippen LogP contribution in [0.15, 0.2) is 27.6 Å². The van der Waals surface area contributed by atoms with Gasteiger partial charge in [-0.15, -0.1) is 0 Å². The van der Waals surface area contributed by atoms with Gasteiger partial charge in [0.25, 0.3) is 5.91 Å². The molecule has 10 heteroatoms. The second kappa shape index (κ2) is 5.47. The Balaban J connectivity index is 3.02. The number of nitrogens with two attached hydrogens (primary N) is 1. The number of sulfonamides is 1. The lowest BCUT2D eigenvalue weighted by atomic mass is 10.2. The number of hydrogen-bond donors (Lipinski definition) is 2. The smallest absolute Gasteiger partial charge is 0.343 e. The molecule has 0 radical (unpaired) electrons. The molecule has 1 amide bonds. The highest BCUT2D eigenvalue weighted by atomic mass is 79.9. The lowest BCUT2D eigenvalue weighted by Gasteiger charge is -2.09. The minimum absolute atomic E-state index is 0.205. The number of alkyl halides is 3. The van der Waals surface area contributed by atoms with E-state index in [1.165, 1.54) is 6.07 Å². The van der Waals surface area contributed by atoms with Gasteiger partial charge in [0.15, 0.2) is 0 Å². The van der Waals surface area contributed by atoms with Crippen molar-refractivity contribution in [1.29, 1.82) is 0 Å². The third-order valence-corrected chi connectivity index (χ3v) is 3.26. The molecule has 0 atom stereocenters. The number of benzene rings is 1. The van der Waals surface area contributed by atoms with E-state index in [9.17, 15) is 26.4 Å². The molecule has 0 aliphatic heterocycles. The summed E-state index contributed by atoms with van der Waals surface area (Å²) in [5.74, 6) is -1.05. The molecule has 0 bridgehead atoms. The van der Waals surface area contributed by atoms with Crippen molar-refractivity contribution in [3.63, 3.8) is 0 Å². The molecule has 0 saturated carbocycles. The molecular weight excluding hydrogens is 353 g/mol. The maximum atomic E-state index is 11.9. The van der Waals surface area contributed by atoms with Crippen LogP contribution in [0.5, 0.6) is 0 Å². The molecule has 0 unspecified atom stereocenters.